The molecule has 3 amide bonds. The molecule has 0 unspecified atom stereocenters. The number of hydrogen-bond donors (Lipinski definition) is 3. The van der Waals surface area contributed by atoms with Crippen molar-refractivity contribution < 1.29 is 14.4 Å². The van der Waals surface area contributed by atoms with Crippen molar-refractivity contribution in [1.82, 2.24) is 25.9 Å². The lowest BCUT2D eigenvalue weighted by Gasteiger charge is -2.23. The van der Waals surface area contributed by atoms with Crippen molar-refractivity contribution in [3.8, 4) is 11.3 Å². The maximum Gasteiger partial charge on any atom is 0.287 e. The second-order valence-electron chi connectivity index (χ2n) is 6.61. The van der Waals surface area contributed by atoms with Gasteiger partial charge in [0.25, 0.3) is 17.7 Å². The van der Waals surface area contributed by atoms with Crippen LogP contribution in [0.2, 0.25) is 0 Å². The van der Waals surface area contributed by atoms with E-state index in [4.69, 9.17) is 0 Å². The number of carbonyl (C=O) groups is 3. The molecule has 1 aliphatic heterocycles. The summed E-state index contributed by atoms with van der Waals surface area (Å²) < 4.78 is 0. The van der Waals surface area contributed by atoms with Gasteiger partial charge in [-0.3, -0.25) is 30.3 Å². The summed E-state index contributed by atoms with van der Waals surface area (Å²) in [6, 6.07) is 14.0. The van der Waals surface area contributed by atoms with E-state index in [-0.39, 0.29) is 11.6 Å². The van der Waals surface area contributed by atoms with E-state index in [1.54, 1.807) is 23.1 Å². The minimum absolute atomic E-state index is 0.162. The molecule has 1 saturated heterocycles. The Labute approximate surface area is 170 Å². The van der Waals surface area contributed by atoms with Crippen molar-refractivity contribution in [2.45, 2.75) is 18.9 Å². The molecule has 1 fully saturated rings. The van der Waals surface area contributed by atoms with Gasteiger partial charge in [-0.05, 0) is 30.4 Å². The van der Waals surface area contributed by atoms with Gasteiger partial charge in [-0.2, -0.15) is 5.10 Å². The number of hydrogen-bond acceptors (Lipinski definition) is 5. The maximum atomic E-state index is 12.6. The van der Waals surface area contributed by atoms with Crippen molar-refractivity contribution in [3.63, 3.8) is 0 Å². The van der Waals surface area contributed by atoms with E-state index in [1.165, 1.54) is 11.3 Å². The summed E-state index contributed by atoms with van der Waals surface area (Å²) in [4.78, 5) is 39.6. The standard InChI is InChI=1S/C20H19N5O3S/c26-18(15-12-14(21-22-15)13-6-2-1-3-7-13)23-24-19(27)16-8-4-10-25(16)20(28)17-9-5-11-29-17/h1-3,5-7,9,11-12,16H,4,8,10H2,(H,21,22)(H,23,26)(H,24,27)/t16-/m0/s1. The van der Waals surface area contributed by atoms with Crippen LogP contribution in [0.15, 0.2) is 53.9 Å². The Hall–Kier alpha value is -3.46. The molecule has 148 valence electrons. The number of aromatic amines is 1. The Morgan fingerprint density at radius 3 is 2.69 bits per heavy atom. The van der Waals surface area contributed by atoms with Crippen molar-refractivity contribution >= 4 is 29.1 Å². The van der Waals surface area contributed by atoms with Crippen LogP contribution in [-0.4, -0.2) is 45.4 Å². The summed E-state index contributed by atoms with van der Waals surface area (Å²) in [5.41, 5.74) is 6.54. The van der Waals surface area contributed by atoms with Gasteiger partial charge in [0, 0.05) is 12.1 Å². The minimum atomic E-state index is -0.605. The molecule has 1 aliphatic rings. The first-order valence-electron chi connectivity index (χ1n) is 9.19. The molecule has 4 rings (SSSR count). The molecule has 0 radical (unpaired) electrons. The Balaban J connectivity index is 1.36. The molecule has 3 heterocycles. The van der Waals surface area contributed by atoms with Crippen LogP contribution in [0.5, 0.6) is 0 Å². The smallest absolute Gasteiger partial charge is 0.287 e. The van der Waals surface area contributed by atoms with Gasteiger partial charge in [0.05, 0.1) is 10.6 Å². The van der Waals surface area contributed by atoms with E-state index in [9.17, 15) is 14.4 Å². The van der Waals surface area contributed by atoms with Crippen LogP contribution < -0.4 is 10.9 Å². The number of aromatic nitrogens is 2. The fraction of sp³-hybridized carbons (Fsp3) is 0.200. The molecule has 0 spiro atoms. The lowest BCUT2D eigenvalue weighted by atomic mass is 10.1. The number of nitrogens with zero attached hydrogens (tertiary/aromatic N) is 2. The largest absolute Gasteiger partial charge is 0.326 e. The lowest BCUT2D eigenvalue weighted by molar-refractivity contribution is -0.125. The average molecular weight is 409 g/mol. The van der Waals surface area contributed by atoms with Gasteiger partial charge in [-0.25, -0.2) is 0 Å². The van der Waals surface area contributed by atoms with E-state index >= 15 is 0 Å². The molecule has 3 aromatic rings. The number of amides is 3. The third-order valence-electron chi connectivity index (χ3n) is 4.74. The fourth-order valence-electron chi connectivity index (χ4n) is 3.29. The van der Waals surface area contributed by atoms with Crippen LogP contribution >= 0.6 is 11.3 Å². The van der Waals surface area contributed by atoms with E-state index in [1.807, 2.05) is 35.7 Å². The second-order valence-corrected chi connectivity index (χ2v) is 7.56. The van der Waals surface area contributed by atoms with Gasteiger partial charge >= 0.3 is 0 Å². The lowest BCUT2D eigenvalue weighted by Crippen LogP contribution is -2.51. The van der Waals surface area contributed by atoms with E-state index in [2.05, 4.69) is 21.0 Å². The van der Waals surface area contributed by atoms with Crippen LogP contribution in [0.1, 0.15) is 33.0 Å². The zero-order valence-electron chi connectivity index (χ0n) is 15.4. The van der Waals surface area contributed by atoms with E-state index in [0.29, 0.717) is 23.5 Å². The molecule has 8 nitrogen and oxygen atoms in total. The third kappa shape index (κ3) is 4.04. The van der Waals surface area contributed by atoms with Crippen molar-refractivity contribution in [3.05, 3.63) is 64.5 Å². The molecule has 3 N–H and O–H groups in total. The van der Waals surface area contributed by atoms with Crippen LogP contribution in [-0.2, 0) is 4.79 Å². The first kappa shape index (κ1) is 18.9. The Kier molecular flexibility index (Phi) is 5.39. The predicted octanol–water partition coefficient (Wildman–Crippen LogP) is 2.20. The summed E-state index contributed by atoms with van der Waals surface area (Å²) in [5, 5.41) is 8.62. The number of rotatable bonds is 4. The van der Waals surface area contributed by atoms with Gasteiger partial charge in [-0.15, -0.1) is 11.3 Å². The highest BCUT2D eigenvalue weighted by Crippen LogP contribution is 2.22. The van der Waals surface area contributed by atoms with Gasteiger partial charge in [0.15, 0.2) is 0 Å². The minimum Gasteiger partial charge on any atom is -0.326 e. The maximum absolute atomic E-state index is 12.6. The summed E-state index contributed by atoms with van der Waals surface area (Å²) >= 11 is 1.34. The molecule has 2 aromatic heterocycles. The summed E-state index contributed by atoms with van der Waals surface area (Å²) in [5.74, 6) is -1.09. The topological polar surface area (TPSA) is 107 Å². The van der Waals surface area contributed by atoms with Crippen molar-refractivity contribution in [2.75, 3.05) is 6.54 Å². The van der Waals surface area contributed by atoms with Crippen molar-refractivity contribution in [2.24, 2.45) is 0 Å². The highest BCUT2D eigenvalue weighted by Gasteiger charge is 2.35. The SMILES string of the molecule is O=C(NNC(=O)[C@@H]1CCCN1C(=O)c1cccs1)c1cc(-c2ccccc2)n[nH]1. The van der Waals surface area contributed by atoms with Gasteiger partial charge < -0.3 is 4.90 Å². The molecule has 0 bridgehead atoms. The number of hydrazine groups is 1. The Morgan fingerprint density at radius 2 is 1.93 bits per heavy atom. The first-order valence-corrected chi connectivity index (χ1v) is 10.1. The summed E-state index contributed by atoms with van der Waals surface area (Å²) in [7, 11) is 0. The monoisotopic (exact) mass is 409 g/mol. The molecular weight excluding hydrogens is 390 g/mol. The molecule has 1 atom stereocenters. The molecule has 9 heteroatoms. The Bertz CT molecular complexity index is 1020. The molecule has 0 aliphatic carbocycles. The number of H-pyrrole nitrogens is 1. The molecule has 1 aromatic carbocycles. The average Bonchev–Trinajstić information content (AvgIpc) is 3.52. The third-order valence-corrected chi connectivity index (χ3v) is 5.60. The van der Waals surface area contributed by atoms with Crippen molar-refractivity contribution in [1.29, 1.82) is 0 Å². The second kappa shape index (κ2) is 8.27. The van der Waals surface area contributed by atoms with E-state index < -0.39 is 17.9 Å². The highest BCUT2D eigenvalue weighted by atomic mass is 32.1. The summed E-state index contributed by atoms with van der Waals surface area (Å²) in [6.07, 6.45) is 1.30. The van der Waals surface area contributed by atoms with Gasteiger partial charge in [0.1, 0.15) is 11.7 Å². The number of likely N-dealkylation sites (tertiary alicyclic amines) is 1. The van der Waals surface area contributed by atoms with Crippen LogP contribution in [0.4, 0.5) is 0 Å². The van der Waals surface area contributed by atoms with Crippen LogP contribution in [0, 0.1) is 0 Å². The summed E-state index contributed by atoms with van der Waals surface area (Å²) in [6.45, 7) is 0.518. The first-order chi connectivity index (χ1) is 14.1. The molecule has 0 saturated carbocycles. The van der Waals surface area contributed by atoms with Gasteiger partial charge in [-0.1, -0.05) is 36.4 Å². The van der Waals surface area contributed by atoms with E-state index in [0.717, 1.165) is 12.0 Å². The van der Waals surface area contributed by atoms with Gasteiger partial charge in [0.2, 0.25) is 0 Å². The van der Waals surface area contributed by atoms with Crippen LogP contribution in [0.25, 0.3) is 11.3 Å². The normalized spacial score (nSPS) is 15.9. The quantitative estimate of drug-likeness (QED) is 0.574. The van der Waals surface area contributed by atoms with Crippen LogP contribution in [0.3, 0.4) is 0 Å². The number of benzene rings is 1. The fourth-order valence-corrected chi connectivity index (χ4v) is 3.97. The zero-order valence-corrected chi connectivity index (χ0v) is 16.2. The Morgan fingerprint density at radius 1 is 1.10 bits per heavy atom. The zero-order chi connectivity index (χ0) is 20.2. The number of thiophene rings is 1. The highest BCUT2D eigenvalue weighted by molar-refractivity contribution is 7.12. The molecular formula is C20H19N5O3S. The predicted molar refractivity (Wildman–Crippen MR) is 108 cm³/mol. The number of carbonyl (C=O) groups excluding carboxylic acids is 3. The molecule has 29 heavy (non-hydrogen) atoms. The number of nitrogens with one attached hydrogen (secondary N) is 3.